The van der Waals surface area contributed by atoms with Gasteiger partial charge in [-0.05, 0) is 48.2 Å². The first-order valence-electron chi connectivity index (χ1n) is 9.38. The van der Waals surface area contributed by atoms with Gasteiger partial charge in [-0.15, -0.1) is 0 Å². The molecule has 0 aromatic heterocycles. The first-order chi connectivity index (χ1) is 12.6. The predicted molar refractivity (Wildman–Crippen MR) is 106 cm³/mol. The number of benzene rings is 2. The highest BCUT2D eigenvalue weighted by Gasteiger charge is 2.25. The highest BCUT2D eigenvalue weighted by molar-refractivity contribution is 6.07. The summed E-state index contributed by atoms with van der Waals surface area (Å²) >= 11 is 0. The second-order valence-corrected chi connectivity index (χ2v) is 7.06. The van der Waals surface area contributed by atoms with Crippen molar-refractivity contribution in [1.82, 2.24) is 0 Å². The molecule has 4 heteroatoms. The van der Waals surface area contributed by atoms with E-state index >= 15 is 0 Å². The summed E-state index contributed by atoms with van der Waals surface area (Å²) in [4.78, 5) is 26.7. The molecule has 1 N–H and O–H groups in total. The van der Waals surface area contributed by atoms with Crippen LogP contribution in [0, 0.1) is 5.92 Å². The van der Waals surface area contributed by atoms with Crippen molar-refractivity contribution in [3.8, 4) is 0 Å². The third-order valence-electron chi connectivity index (χ3n) is 4.86. The lowest BCUT2D eigenvalue weighted by molar-refractivity contribution is -0.117. The zero-order chi connectivity index (χ0) is 18.5. The number of hydrogen-bond acceptors (Lipinski definition) is 2. The molecule has 0 radical (unpaired) electrons. The Kier molecular flexibility index (Phi) is 5.71. The van der Waals surface area contributed by atoms with E-state index in [-0.39, 0.29) is 11.8 Å². The standard InChI is InChI=1S/C22H26N2O2/c1-3-6-16(2)15-21(25)23-19-11-9-18(10-12-19)22(26)24-14-13-17-7-4-5-8-20(17)24/h4-5,7-12,16H,3,6,13-15H2,1-2H3,(H,23,25). The Bertz CT molecular complexity index is 783. The Hall–Kier alpha value is -2.62. The lowest BCUT2D eigenvalue weighted by Crippen LogP contribution is -2.28. The molecule has 26 heavy (non-hydrogen) atoms. The third kappa shape index (κ3) is 4.13. The Balaban J connectivity index is 1.63. The topological polar surface area (TPSA) is 49.4 Å². The third-order valence-corrected chi connectivity index (χ3v) is 4.86. The number of para-hydroxylation sites is 1. The van der Waals surface area contributed by atoms with E-state index in [1.54, 1.807) is 24.3 Å². The van der Waals surface area contributed by atoms with E-state index in [0.717, 1.165) is 30.6 Å². The van der Waals surface area contributed by atoms with Crippen LogP contribution in [0.1, 0.15) is 49.0 Å². The molecular formula is C22H26N2O2. The Morgan fingerprint density at radius 1 is 1.12 bits per heavy atom. The Morgan fingerprint density at radius 2 is 1.85 bits per heavy atom. The second kappa shape index (κ2) is 8.17. The first kappa shape index (κ1) is 18.2. The largest absolute Gasteiger partial charge is 0.326 e. The number of fused-ring (bicyclic) bond motifs is 1. The van der Waals surface area contributed by atoms with E-state index in [0.29, 0.717) is 24.4 Å². The van der Waals surface area contributed by atoms with Crippen LogP contribution >= 0.6 is 0 Å². The number of hydrogen-bond donors (Lipinski definition) is 1. The van der Waals surface area contributed by atoms with Gasteiger partial charge < -0.3 is 10.2 Å². The van der Waals surface area contributed by atoms with Gasteiger partial charge in [-0.1, -0.05) is 44.9 Å². The van der Waals surface area contributed by atoms with Crippen molar-refractivity contribution >= 4 is 23.2 Å². The summed E-state index contributed by atoms with van der Waals surface area (Å²) in [6, 6.07) is 15.2. The molecule has 0 spiro atoms. The smallest absolute Gasteiger partial charge is 0.258 e. The molecule has 3 rings (SSSR count). The Labute approximate surface area is 155 Å². The monoisotopic (exact) mass is 350 g/mol. The van der Waals surface area contributed by atoms with Gasteiger partial charge in [0.15, 0.2) is 0 Å². The quantitative estimate of drug-likeness (QED) is 0.824. The number of anilines is 2. The fraction of sp³-hybridized carbons (Fsp3) is 0.364. The molecule has 0 bridgehead atoms. The number of nitrogens with one attached hydrogen (secondary N) is 1. The van der Waals surface area contributed by atoms with E-state index in [1.807, 2.05) is 23.1 Å². The van der Waals surface area contributed by atoms with E-state index in [4.69, 9.17) is 0 Å². The van der Waals surface area contributed by atoms with Crippen molar-refractivity contribution in [2.24, 2.45) is 5.92 Å². The molecule has 2 aromatic carbocycles. The lowest BCUT2D eigenvalue weighted by atomic mass is 10.0. The zero-order valence-corrected chi connectivity index (χ0v) is 15.5. The van der Waals surface area contributed by atoms with Crippen molar-refractivity contribution in [3.63, 3.8) is 0 Å². The maximum atomic E-state index is 12.8. The predicted octanol–water partition coefficient (Wildman–Crippen LogP) is 4.65. The van der Waals surface area contributed by atoms with Crippen LogP contribution in [-0.2, 0) is 11.2 Å². The lowest BCUT2D eigenvalue weighted by Gasteiger charge is -2.17. The zero-order valence-electron chi connectivity index (χ0n) is 15.5. The van der Waals surface area contributed by atoms with Crippen LogP contribution in [0.3, 0.4) is 0 Å². The molecule has 2 aromatic rings. The minimum absolute atomic E-state index is 0.00407. The molecule has 2 amide bonds. The van der Waals surface area contributed by atoms with Crippen molar-refractivity contribution in [2.75, 3.05) is 16.8 Å². The molecule has 1 atom stereocenters. The summed E-state index contributed by atoms with van der Waals surface area (Å²) in [5.74, 6) is 0.416. The van der Waals surface area contributed by atoms with Crippen LogP contribution in [0.4, 0.5) is 11.4 Å². The fourth-order valence-corrected chi connectivity index (χ4v) is 3.52. The van der Waals surface area contributed by atoms with Crippen LogP contribution in [0.15, 0.2) is 48.5 Å². The molecule has 0 saturated heterocycles. The van der Waals surface area contributed by atoms with Crippen molar-refractivity contribution in [3.05, 3.63) is 59.7 Å². The second-order valence-electron chi connectivity index (χ2n) is 7.06. The minimum atomic E-state index is 0.00407. The molecule has 1 aliphatic heterocycles. The number of rotatable bonds is 6. The van der Waals surface area contributed by atoms with Gasteiger partial charge in [0.25, 0.3) is 5.91 Å². The average Bonchev–Trinajstić information content (AvgIpc) is 3.06. The molecule has 4 nitrogen and oxygen atoms in total. The highest BCUT2D eigenvalue weighted by atomic mass is 16.2. The number of nitrogens with zero attached hydrogens (tertiary/aromatic N) is 1. The maximum Gasteiger partial charge on any atom is 0.258 e. The van der Waals surface area contributed by atoms with E-state index in [1.165, 1.54) is 5.56 Å². The molecule has 1 aliphatic rings. The molecule has 1 heterocycles. The summed E-state index contributed by atoms with van der Waals surface area (Å²) < 4.78 is 0. The van der Waals surface area contributed by atoms with Gasteiger partial charge in [0.2, 0.25) is 5.91 Å². The highest BCUT2D eigenvalue weighted by Crippen LogP contribution is 2.29. The van der Waals surface area contributed by atoms with Gasteiger partial charge in [0.05, 0.1) is 0 Å². The van der Waals surface area contributed by atoms with Crippen LogP contribution in [0.5, 0.6) is 0 Å². The van der Waals surface area contributed by atoms with Crippen molar-refractivity contribution in [2.45, 2.75) is 39.5 Å². The van der Waals surface area contributed by atoms with E-state index < -0.39 is 0 Å². The summed E-state index contributed by atoms with van der Waals surface area (Å²) in [5, 5.41) is 2.92. The van der Waals surface area contributed by atoms with E-state index in [2.05, 4.69) is 25.2 Å². The molecule has 0 saturated carbocycles. The minimum Gasteiger partial charge on any atom is -0.326 e. The molecule has 1 unspecified atom stereocenters. The number of amides is 2. The van der Waals surface area contributed by atoms with Gasteiger partial charge in [-0.3, -0.25) is 9.59 Å². The van der Waals surface area contributed by atoms with Crippen molar-refractivity contribution in [1.29, 1.82) is 0 Å². The molecule has 0 aliphatic carbocycles. The van der Waals surface area contributed by atoms with Gasteiger partial charge in [-0.25, -0.2) is 0 Å². The van der Waals surface area contributed by atoms with Gasteiger partial charge in [-0.2, -0.15) is 0 Å². The fourth-order valence-electron chi connectivity index (χ4n) is 3.52. The molecule has 0 fully saturated rings. The van der Waals surface area contributed by atoms with Gasteiger partial charge in [0, 0.05) is 29.9 Å². The SMILES string of the molecule is CCCC(C)CC(=O)Nc1ccc(C(=O)N2CCc3ccccc32)cc1. The molecule has 136 valence electrons. The summed E-state index contributed by atoms with van der Waals surface area (Å²) in [5.41, 5.74) is 3.59. The summed E-state index contributed by atoms with van der Waals surface area (Å²) in [7, 11) is 0. The first-order valence-corrected chi connectivity index (χ1v) is 9.38. The van der Waals surface area contributed by atoms with Crippen LogP contribution in [0.2, 0.25) is 0 Å². The Morgan fingerprint density at radius 3 is 2.58 bits per heavy atom. The van der Waals surface area contributed by atoms with Crippen molar-refractivity contribution < 1.29 is 9.59 Å². The number of carbonyl (C=O) groups is 2. The average molecular weight is 350 g/mol. The van der Waals surface area contributed by atoms with Crippen LogP contribution in [-0.4, -0.2) is 18.4 Å². The van der Waals surface area contributed by atoms with Crippen LogP contribution < -0.4 is 10.2 Å². The van der Waals surface area contributed by atoms with Gasteiger partial charge >= 0.3 is 0 Å². The normalized spacial score (nSPS) is 14.0. The van der Waals surface area contributed by atoms with Gasteiger partial charge in [0.1, 0.15) is 0 Å². The maximum absolute atomic E-state index is 12.8. The summed E-state index contributed by atoms with van der Waals surface area (Å²) in [6.45, 7) is 4.94. The number of carbonyl (C=O) groups excluding carboxylic acids is 2. The molecular weight excluding hydrogens is 324 g/mol. The summed E-state index contributed by atoms with van der Waals surface area (Å²) in [6.07, 6.45) is 3.56. The van der Waals surface area contributed by atoms with Crippen LogP contribution in [0.25, 0.3) is 0 Å². The van der Waals surface area contributed by atoms with E-state index in [9.17, 15) is 9.59 Å².